The highest BCUT2D eigenvalue weighted by Gasteiger charge is 2.16. The van der Waals surface area contributed by atoms with Gasteiger partial charge in [-0.25, -0.2) is 0 Å². The van der Waals surface area contributed by atoms with E-state index in [4.69, 9.17) is 10.1 Å². The molecule has 0 bridgehead atoms. The van der Waals surface area contributed by atoms with Crippen molar-refractivity contribution >= 4 is 11.3 Å². The van der Waals surface area contributed by atoms with Gasteiger partial charge in [0.2, 0.25) is 0 Å². The Balaban J connectivity index is 1.94. The van der Waals surface area contributed by atoms with Gasteiger partial charge in [0.05, 0.1) is 13.7 Å². The van der Waals surface area contributed by atoms with Crippen LogP contribution in [0.3, 0.4) is 0 Å². The summed E-state index contributed by atoms with van der Waals surface area (Å²) in [4.78, 5) is 2.09. The highest BCUT2D eigenvalue weighted by atomic mass is 32.1. The van der Waals surface area contributed by atoms with Crippen molar-refractivity contribution in [2.75, 3.05) is 7.11 Å². The number of fused-ring (bicyclic) bond motifs is 1. The van der Waals surface area contributed by atoms with Gasteiger partial charge in [0, 0.05) is 10.6 Å². The van der Waals surface area contributed by atoms with Gasteiger partial charge in [0.15, 0.2) is 4.80 Å². The van der Waals surface area contributed by atoms with E-state index in [9.17, 15) is 0 Å². The maximum absolute atomic E-state index is 8.16. The smallest absolute Gasteiger partial charge is 0.182 e. The molecular weight excluding hydrogens is 256 g/mol. The summed E-state index contributed by atoms with van der Waals surface area (Å²) in [6.45, 7) is 0.780. The molecule has 1 N–H and O–H groups in total. The maximum atomic E-state index is 8.16. The second-order valence-electron chi connectivity index (χ2n) is 4.92. The van der Waals surface area contributed by atoms with Crippen molar-refractivity contribution in [1.82, 2.24) is 4.57 Å². The first kappa shape index (κ1) is 12.5. The molecule has 3 nitrogen and oxygen atoms in total. The predicted molar refractivity (Wildman–Crippen MR) is 76.9 cm³/mol. The van der Waals surface area contributed by atoms with Gasteiger partial charge in [-0.1, -0.05) is 12.1 Å². The quantitative estimate of drug-likeness (QED) is 0.918. The number of nitrogens with one attached hydrogen (secondary N) is 1. The van der Waals surface area contributed by atoms with Crippen molar-refractivity contribution in [2.24, 2.45) is 0 Å². The molecule has 1 heterocycles. The molecule has 0 aliphatic heterocycles. The predicted octanol–water partition coefficient (Wildman–Crippen LogP) is 2.96. The second kappa shape index (κ2) is 5.21. The van der Waals surface area contributed by atoms with Crippen LogP contribution in [0.1, 0.15) is 29.0 Å². The normalized spacial score (nSPS) is 14.2. The van der Waals surface area contributed by atoms with Crippen LogP contribution in [-0.4, -0.2) is 11.7 Å². The van der Waals surface area contributed by atoms with Crippen LogP contribution in [0.4, 0.5) is 0 Å². The number of hydrogen-bond acceptors (Lipinski definition) is 3. The molecule has 1 aliphatic carbocycles. The van der Waals surface area contributed by atoms with E-state index in [-0.39, 0.29) is 0 Å². The SMILES string of the molecule is COc1cccc(Cn2c3c(sc2=N)CCCC3)c1. The Labute approximate surface area is 117 Å². The van der Waals surface area contributed by atoms with Gasteiger partial charge in [0.1, 0.15) is 5.75 Å². The lowest BCUT2D eigenvalue weighted by molar-refractivity contribution is 0.414. The summed E-state index contributed by atoms with van der Waals surface area (Å²) in [7, 11) is 1.69. The van der Waals surface area contributed by atoms with Crippen molar-refractivity contribution in [2.45, 2.75) is 32.2 Å². The zero-order valence-electron chi connectivity index (χ0n) is 11.1. The Morgan fingerprint density at radius 3 is 3.00 bits per heavy atom. The van der Waals surface area contributed by atoms with Gasteiger partial charge in [-0.15, -0.1) is 11.3 Å². The molecule has 0 spiro atoms. The lowest BCUT2D eigenvalue weighted by Gasteiger charge is -2.14. The lowest BCUT2D eigenvalue weighted by atomic mass is 10.0. The largest absolute Gasteiger partial charge is 0.497 e. The number of ether oxygens (including phenoxy) is 1. The molecule has 0 saturated carbocycles. The molecule has 0 unspecified atom stereocenters. The molecule has 4 heteroatoms. The van der Waals surface area contributed by atoms with Crippen LogP contribution < -0.4 is 9.54 Å². The minimum absolute atomic E-state index is 0.676. The molecule has 2 aromatic rings. The molecule has 1 aromatic heterocycles. The number of aryl methyl sites for hydroxylation is 1. The van der Waals surface area contributed by atoms with Gasteiger partial charge >= 0.3 is 0 Å². The van der Waals surface area contributed by atoms with E-state index in [0.29, 0.717) is 4.80 Å². The molecule has 0 amide bonds. The fraction of sp³-hybridized carbons (Fsp3) is 0.400. The number of benzene rings is 1. The summed E-state index contributed by atoms with van der Waals surface area (Å²) in [5, 5.41) is 8.16. The molecule has 100 valence electrons. The molecule has 19 heavy (non-hydrogen) atoms. The molecular formula is C15H18N2OS. The molecule has 0 fully saturated rings. The Hall–Kier alpha value is -1.55. The number of thiazole rings is 1. The average molecular weight is 274 g/mol. The summed E-state index contributed by atoms with van der Waals surface area (Å²) in [5.74, 6) is 0.883. The maximum Gasteiger partial charge on any atom is 0.182 e. The minimum Gasteiger partial charge on any atom is -0.497 e. The van der Waals surface area contributed by atoms with E-state index in [2.05, 4.69) is 16.7 Å². The molecule has 3 rings (SSSR count). The van der Waals surface area contributed by atoms with Crippen LogP contribution in [0.25, 0.3) is 0 Å². The summed E-state index contributed by atoms with van der Waals surface area (Å²) < 4.78 is 7.42. The van der Waals surface area contributed by atoms with Gasteiger partial charge in [-0.05, 0) is 43.4 Å². The van der Waals surface area contributed by atoms with Crippen molar-refractivity contribution < 1.29 is 4.74 Å². The first-order valence-electron chi connectivity index (χ1n) is 6.67. The van der Waals surface area contributed by atoms with Crippen LogP contribution in [0.15, 0.2) is 24.3 Å². The van der Waals surface area contributed by atoms with E-state index in [1.165, 1.54) is 29.0 Å². The van der Waals surface area contributed by atoms with Crippen LogP contribution >= 0.6 is 11.3 Å². The van der Waals surface area contributed by atoms with Crippen molar-refractivity contribution in [3.05, 3.63) is 45.2 Å². The second-order valence-corrected chi connectivity index (χ2v) is 6.01. The average Bonchev–Trinajstić information content (AvgIpc) is 2.76. The van der Waals surface area contributed by atoms with E-state index >= 15 is 0 Å². The van der Waals surface area contributed by atoms with E-state index in [1.54, 1.807) is 18.4 Å². The molecule has 1 aliphatic rings. The molecule has 0 radical (unpaired) electrons. The van der Waals surface area contributed by atoms with Gasteiger partial charge in [-0.3, -0.25) is 5.41 Å². The highest BCUT2D eigenvalue weighted by molar-refractivity contribution is 7.09. The van der Waals surface area contributed by atoms with Crippen LogP contribution in [-0.2, 0) is 19.4 Å². The topological polar surface area (TPSA) is 38.0 Å². The third-order valence-electron chi connectivity index (χ3n) is 3.65. The zero-order chi connectivity index (χ0) is 13.2. The number of aromatic nitrogens is 1. The third-order valence-corrected chi connectivity index (χ3v) is 4.75. The van der Waals surface area contributed by atoms with E-state index in [1.807, 2.05) is 12.1 Å². The van der Waals surface area contributed by atoms with Gasteiger partial charge in [-0.2, -0.15) is 0 Å². The van der Waals surface area contributed by atoms with Gasteiger partial charge < -0.3 is 9.30 Å². The minimum atomic E-state index is 0.676. The Morgan fingerprint density at radius 1 is 1.32 bits per heavy atom. The van der Waals surface area contributed by atoms with Crippen molar-refractivity contribution in [1.29, 1.82) is 5.41 Å². The summed E-state index contributed by atoms with van der Waals surface area (Å²) in [6, 6.07) is 8.12. The molecule has 0 saturated heterocycles. The molecule has 0 atom stereocenters. The monoisotopic (exact) mass is 274 g/mol. The fourth-order valence-corrected chi connectivity index (χ4v) is 3.77. The first-order chi connectivity index (χ1) is 9.28. The first-order valence-corrected chi connectivity index (χ1v) is 7.48. The highest BCUT2D eigenvalue weighted by Crippen LogP contribution is 2.24. The van der Waals surface area contributed by atoms with Crippen molar-refractivity contribution in [3.63, 3.8) is 0 Å². The number of nitrogens with zero attached hydrogens (tertiary/aromatic N) is 1. The Morgan fingerprint density at radius 2 is 2.16 bits per heavy atom. The summed E-state index contributed by atoms with van der Waals surface area (Å²) in [6.07, 6.45) is 4.79. The zero-order valence-corrected chi connectivity index (χ0v) is 11.9. The van der Waals surface area contributed by atoms with E-state index in [0.717, 1.165) is 25.1 Å². The van der Waals surface area contributed by atoms with Gasteiger partial charge in [0.25, 0.3) is 0 Å². The number of rotatable bonds is 3. The summed E-state index contributed by atoms with van der Waals surface area (Å²) >= 11 is 1.64. The van der Waals surface area contributed by atoms with Crippen LogP contribution in [0, 0.1) is 5.41 Å². The lowest BCUT2D eigenvalue weighted by Crippen LogP contribution is -2.18. The molecule has 1 aromatic carbocycles. The number of hydrogen-bond donors (Lipinski definition) is 1. The third kappa shape index (κ3) is 2.45. The van der Waals surface area contributed by atoms with Crippen LogP contribution in [0.2, 0.25) is 0 Å². The number of methoxy groups -OCH3 is 1. The van der Waals surface area contributed by atoms with Crippen LogP contribution in [0.5, 0.6) is 5.75 Å². The fourth-order valence-electron chi connectivity index (χ4n) is 2.67. The van der Waals surface area contributed by atoms with Crippen molar-refractivity contribution in [3.8, 4) is 5.75 Å². The van der Waals surface area contributed by atoms with E-state index < -0.39 is 0 Å². The summed E-state index contributed by atoms with van der Waals surface area (Å²) in [5.41, 5.74) is 2.58. The Bertz CT molecular complexity index is 642. The Kier molecular flexibility index (Phi) is 3.42. The standard InChI is InChI=1S/C15H18N2OS/c1-18-12-6-4-5-11(9-12)10-17-13-7-2-3-8-14(13)19-15(17)16/h4-6,9,16H,2-3,7-8,10H2,1H3.